The van der Waals surface area contributed by atoms with Crippen LogP contribution in [0.5, 0.6) is 0 Å². The number of nitrogens with zero attached hydrogens (tertiary/aromatic N) is 2. The van der Waals surface area contributed by atoms with Gasteiger partial charge in [0.15, 0.2) is 0 Å². The Kier molecular flexibility index (Phi) is 3.15. The summed E-state index contributed by atoms with van der Waals surface area (Å²) in [5, 5.41) is 15.2. The second-order valence-corrected chi connectivity index (χ2v) is 5.49. The fourth-order valence-corrected chi connectivity index (χ4v) is 3.14. The second kappa shape index (κ2) is 4.82. The first-order chi connectivity index (χ1) is 9.19. The highest BCUT2D eigenvalue weighted by molar-refractivity contribution is 5.34. The number of aryl methyl sites for hydroxylation is 3. The zero-order valence-corrected chi connectivity index (χ0v) is 11.3. The van der Waals surface area contributed by atoms with Crippen LogP contribution in [0.1, 0.15) is 36.1 Å². The fourth-order valence-electron chi connectivity index (χ4n) is 3.14. The van der Waals surface area contributed by atoms with E-state index >= 15 is 0 Å². The van der Waals surface area contributed by atoms with Crippen LogP contribution in [0.4, 0.5) is 0 Å². The van der Waals surface area contributed by atoms with Gasteiger partial charge in [-0.2, -0.15) is 5.10 Å². The van der Waals surface area contributed by atoms with Crippen LogP contribution < -0.4 is 0 Å². The standard InChI is InChI=1S/C16H20N2O/c1-18-14(9-12-17-18)8-11-16(19)10-4-6-13-5-2-3-7-15(13)16/h2-3,5,7,9,12,19H,4,6,8,10-11H2,1H3. The van der Waals surface area contributed by atoms with Crippen molar-refractivity contribution in [3.05, 3.63) is 53.3 Å². The maximum atomic E-state index is 11.0. The molecule has 0 radical (unpaired) electrons. The highest BCUT2D eigenvalue weighted by Crippen LogP contribution is 2.38. The van der Waals surface area contributed by atoms with Gasteiger partial charge in [-0.05, 0) is 49.3 Å². The Balaban J connectivity index is 1.82. The summed E-state index contributed by atoms with van der Waals surface area (Å²) in [6, 6.07) is 10.3. The Morgan fingerprint density at radius 1 is 1.32 bits per heavy atom. The van der Waals surface area contributed by atoms with E-state index in [1.54, 1.807) is 0 Å². The Morgan fingerprint density at radius 2 is 2.16 bits per heavy atom. The van der Waals surface area contributed by atoms with Crippen LogP contribution >= 0.6 is 0 Å². The minimum atomic E-state index is -0.668. The summed E-state index contributed by atoms with van der Waals surface area (Å²) in [5.74, 6) is 0. The molecule has 1 aliphatic rings. The van der Waals surface area contributed by atoms with Gasteiger partial charge in [0.05, 0.1) is 5.60 Å². The van der Waals surface area contributed by atoms with Gasteiger partial charge >= 0.3 is 0 Å². The molecule has 0 saturated heterocycles. The fraction of sp³-hybridized carbons (Fsp3) is 0.438. The van der Waals surface area contributed by atoms with Crippen molar-refractivity contribution in [1.29, 1.82) is 0 Å². The van der Waals surface area contributed by atoms with Crippen LogP contribution in [0.2, 0.25) is 0 Å². The average Bonchev–Trinajstić information content (AvgIpc) is 2.83. The lowest BCUT2D eigenvalue weighted by molar-refractivity contribution is 0.00992. The van der Waals surface area contributed by atoms with Crippen molar-refractivity contribution < 1.29 is 5.11 Å². The molecule has 0 aliphatic heterocycles. The maximum absolute atomic E-state index is 11.0. The van der Waals surface area contributed by atoms with Crippen molar-refractivity contribution >= 4 is 0 Å². The predicted molar refractivity (Wildman–Crippen MR) is 74.8 cm³/mol. The normalized spacial score (nSPS) is 22.2. The summed E-state index contributed by atoms with van der Waals surface area (Å²) in [6.45, 7) is 0. The predicted octanol–water partition coefficient (Wildman–Crippen LogP) is 2.58. The zero-order chi connectivity index (χ0) is 13.3. The quantitative estimate of drug-likeness (QED) is 0.916. The summed E-state index contributed by atoms with van der Waals surface area (Å²) in [5.41, 5.74) is 2.94. The SMILES string of the molecule is Cn1nccc1CCC1(O)CCCc2ccccc21. The van der Waals surface area contributed by atoms with Gasteiger partial charge in [-0.15, -0.1) is 0 Å². The Morgan fingerprint density at radius 3 is 2.95 bits per heavy atom. The molecule has 0 saturated carbocycles. The topological polar surface area (TPSA) is 38.0 Å². The van der Waals surface area contributed by atoms with Crippen LogP contribution in [0, 0.1) is 0 Å². The molecule has 3 heteroatoms. The molecule has 0 bridgehead atoms. The Hall–Kier alpha value is -1.61. The van der Waals surface area contributed by atoms with Gasteiger partial charge in [-0.1, -0.05) is 24.3 Å². The lowest BCUT2D eigenvalue weighted by Gasteiger charge is -2.34. The van der Waals surface area contributed by atoms with E-state index in [-0.39, 0.29) is 0 Å². The lowest BCUT2D eigenvalue weighted by Crippen LogP contribution is -2.31. The smallest absolute Gasteiger partial charge is 0.0903 e. The van der Waals surface area contributed by atoms with E-state index in [0.717, 1.165) is 37.7 Å². The van der Waals surface area contributed by atoms with E-state index < -0.39 is 5.60 Å². The van der Waals surface area contributed by atoms with Crippen LogP contribution in [0.15, 0.2) is 36.5 Å². The van der Waals surface area contributed by atoms with Crippen LogP contribution in [0.25, 0.3) is 0 Å². The minimum absolute atomic E-state index is 0.668. The number of benzene rings is 1. The van der Waals surface area contributed by atoms with Gasteiger partial charge in [0.1, 0.15) is 0 Å². The number of aromatic nitrogens is 2. The Bertz CT molecular complexity index is 576. The van der Waals surface area contributed by atoms with Gasteiger partial charge in [-0.3, -0.25) is 4.68 Å². The minimum Gasteiger partial charge on any atom is -0.385 e. The number of aliphatic hydroxyl groups is 1. The third-order valence-corrected chi connectivity index (χ3v) is 4.27. The molecule has 3 rings (SSSR count). The molecule has 1 unspecified atom stereocenters. The van der Waals surface area contributed by atoms with Gasteiger partial charge in [-0.25, -0.2) is 0 Å². The summed E-state index contributed by atoms with van der Waals surface area (Å²) in [6.07, 6.45) is 6.46. The summed E-state index contributed by atoms with van der Waals surface area (Å²) >= 11 is 0. The van der Waals surface area contributed by atoms with Crippen molar-refractivity contribution in [3.8, 4) is 0 Å². The molecule has 1 heterocycles. The van der Waals surface area contributed by atoms with Crippen LogP contribution in [-0.2, 0) is 25.5 Å². The molecular weight excluding hydrogens is 236 g/mol. The third-order valence-electron chi connectivity index (χ3n) is 4.27. The second-order valence-electron chi connectivity index (χ2n) is 5.49. The van der Waals surface area contributed by atoms with Gasteiger partial charge in [0.2, 0.25) is 0 Å². The van der Waals surface area contributed by atoms with Gasteiger partial charge in [0, 0.05) is 18.9 Å². The van der Waals surface area contributed by atoms with E-state index in [1.807, 2.05) is 30.1 Å². The van der Waals surface area contributed by atoms with Crippen molar-refractivity contribution in [2.24, 2.45) is 7.05 Å². The first-order valence-electron chi connectivity index (χ1n) is 6.97. The zero-order valence-electron chi connectivity index (χ0n) is 11.3. The molecule has 1 N–H and O–H groups in total. The van der Waals surface area contributed by atoms with Crippen molar-refractivity contribution in [3.63, 3.8) is 0 Å². The van der Waals surface area contributed by atoms with Crippen LogP contribution in [-0.4, -0.2) is 14.9 Å². The molecule has 100 valence electrons. The first kappa shape index (κ1) is 12.4. The third kappa shape index (κ3) is 2.30. The highest BCUT2D eigenvalue weighted by atomic mass is 16.3. The molecule has 2 aromatic rings. The molecule has 0 spiro atoms. The van der Waals surface area contributed by atoms with Crippen molar-refractivity contribution in [2.45, 2.75) is 37.7 Å². The van der Waals surface area contributed by atoms with Gasteiger partial charge < -0.3 is 5.11 Å². The number of hydrogen-bond donors (Lipinski definition) is 1. The molecule has 1 aromatic heterocycles. The molecule has 0 amide bonds. The molecule has 0 fully saturated rings. The first-order valence-corrected chi connectivity index (χ1v) is 6.97. The largest absolute Gasteiger partial charge is 0.385 e. The average molecular weight is 256 g/mol. The van der Waals surface area contributed by atoms with E-state index in [2.05, 4.69) is 23.3 Å². The van der Waals surface area contributed by atoms with Crippen molar-refractivity contribution in [2.75, 3.05) is 0 Å². The molecule has 19 heavy (non-hydrogen) atoms. The van der Waals surface area contributed by atoms with E-state index in [9.17, 15) is 5.11 Å². The summed E-state index contributed by atoms with van der Waals surface area (Å²) in [4.78, 5) is 0. The number of rotatable bonds is 3. The Labute approximate surface area is 113 Å². The molecule has 1 atom stereocenters. The maximum Gasteiger partial charge on any atom is 0.0903 e. The molecule has 1 aliphatic carbocycles. The molecule has 1 aromatic carbocycles. The monoisotopic (exact) mass is 256 g/mol. The lowest BCUT2D eigenvalue weighted by atomic mass is 9.76. The number of fused-ring (bicyclic) bond motifs is 1. The van der Waals surface area contributed by atoms with E-state index in [0.29, 0.717) is 0 Å². The summed E-state index contributed by atoms with van der Waals surface area (Å²) in [7, 11) is 1.95. The van der Waals surface area contributed by atoms with E-state index in [1.165, 1.54) is 11.3 Å². The molecular formula is C16H20N2O. The highest BCUT2D eigenvalue weighted by Gasteiger charge is 2.33. The van der Waals surface area contributed by atoms with E-state index in [4.69, 9.17) is 0 Å². The van der Waals surface area contributed by atoms with Gasteiger partial charge in [0.25, 0.3) is 0 Å². The van der Waals surface area contributed by atoms with Crippen LogP contribution in [0.3, 0.4) is 0 Å². The number of hydrogen-bond acceptors (Lipinski definition) is 2. The molecule has 3 nitrogen and oxygen atoms in total. The summed E-state index contributed by atoms with van der Waals surface area (Å²) < 4.78 is 1.89. The van der Waals surface area contributed by atoms with Crippen molar-refractivity contribution in [1.82, 2.24) is 9.78 Å².